The van der Waals surface area contributed by atoms with Crippen LogP contribution >= 0.6 is 0 Å². The van der Waals surface area contributed by atoms with E-state index in [0.717, 1.165) is 6.92 Å². The minimum absolute atomic E-state index is 0. The maximum atomic E-state index is 11.3. The van der Waals surface area contributed by atoms with E-state index >= 15 is 0 Å². The second kappa shape index (κ2) is 11.9. The molecule has 2 unspecified atom stereocenters. The summed E-state index contributed by atoms with van der Waals surface area (Å²) in [4.78, 5) is 11.3. The largest absolute Gasteiger partial charge is 1.00 e. The Morgan fingerprint density at radius 3 is 2.16 bits per heavy atom. The first kappa shape index (κ1) is 29.0. The van der Waals surface area contributed by atoms with Gasteiger partial charge in [-0.3, -0.25) is 8.98 Å². The maximum absolute atomic E-state index is 11.3. The molecule has 2 fully saturated rings. The standard InChI is InChI=1S/C14H25NO14S.Na/c1-4(17)15-7-9(19)12(6(27-13(7)22)3-26-30(23,24)25)29-14-11(21)10(20)8(18)5(2-16)28-14;/h5-14,16,18-22H,2-3H2,1H3,(H,15,17)(H,23,24,25);/q;+1/p-1/t5?,6?,7-,8+,9-,10-,11-,12+,13+,14-;/m0./s1. The van der Waals surface area contributed by atoms with Crippen LogP contribution in [0.4, 0.5) is 0 Å². The monoisotopic (exact) mass is 485 g/mol. The van der Waals surface area contributed by atoms with Crippen molar-refractivity contribution < 1.29 is 96.4 Å². The number of amides is 1. The summed E-state index contributed by atoms with van der Waals surface area (Å²) >= 11 is 0. The van der Waals surface area contributed by atoms with Crippen molar-refractivity contribution in [2.45, 2.75) is 68.3 Å². The molecule has 2 aliphatic heterocycles. The van der Waals surface area contributed by atoms with Gasteiger partial charge in [0.15, 0.2) is 12.6 Å². The molecule has 2 heterocycles. The molecule has 0 aromatic heterocycles. The number of ether oxygens (including phenoxy) is 3. The van der Waals surface area contributed by atoms with Gasteiger partial charge >= 0.3 is 29.6 Å². The summed E-state index contributed by atoms with van der Waals surface area (Å²) in [6.45, 7) is -0.719. The number of aliphatic hydroxyl groups excluding tert-OH is 6. The fraction of sp³-hybridized carbons (Fsp3) is 0.929. The van der Waals surface area contributed by atoms with Crippen LogP contribution in [0.2, 0.25) is 0 Å². The van der Waals surface area contributed by atoms with Gasteiger partial charge in [-0.15, -0.1) is 0 Å². The molecular formula is C14H24NNaO14S. The Kier molecular flexibility index (Phi) is 11.1. The Labute approximate surface area is 199 Å². The number of carbonyl (C=O) groups excluding carboxylic acids is 1. The molecule has 0 bridgehead atoms. The third-order valence-corrected chi connectivity index (χ3v) is 5.00. The smallest absolute Gasteiger partial charge is 0.726 e. The van der Waals surface area contributed by atoms with Crippen molar-refractivity contribution in [3.63, 3.8) is 0 Å². The number of nitrogens with one attached hydrogen (secondary N) is 1. The van der Waals surface area contributed by atoms with Crippen LogP contribution in [0.25, 0.3) is 0 Å². The van der Waals surface area contributed by atoms with Crippen LogP contribution < -0.4 is 34.9 Å². The third-order valence-electron chi connectivity index (χ3n) is 4.58. The number of aliphatic hydroxyl groups is 6. The van der Waals surface area contributed by atoms with Gasteiger partial charge in [0.05, 0.1) is 13.2 Å². The Balaban J connectivity index is 0.00000480. The van der Waals surface area contributed by atoms with Gasteiger partial charge in [0.1, 0.15) is 48.8 Å². The van der Waals surface area contributed by atoms with Crippen molar-refractivity contribution in [1.29, 1.82) is 0 Å². The third kappa shape index (κ3) is 7.49. The first-order valence-corrected chi connectivity index (χ1v) is 10.0. The van der Waals surface area contributed by atoms with E-state index in [1.165, 1.54) is 0 Å². The van der Waals surface area contributed by atoms with Crippen LogP contribution in [0.3, 0.4) is 0 Å². The molecule has 2 aliphatic rings. The van der Waals surface area contributed by atoms with Crippen molar-refractivity contribution in [1.82, 2.24) is 5.32 Å². The second-order valence-corrected chi connectivity index (χ2v) is 7.82. The maximum Gasteiger partial charge on any atom is 1.00 e. The van der Waals surface area contributed by atoms with Gasteiger partial charge < -0.3 is 54.7 Å². The quantitative estimate of drug-likeness (QED) is 0.101. The predicted octanol–water partition coefficient (Wildman–Crippen LogP) is -8.76. The minimum Gasteiger partial charge on any atom is -0.726 e. The summed E-state index contributed by atoms with van der Waals surface area (Å²) in [6, 6.07) is -1.47. The van der Waals surface area contributed by atoms with E-state index in [4.69, 9.17) is 14.2 Å². The summed E-state index contributed by atoms with van der Waals surface area (Å²) in [6.07, 6.45) is -15.5. The molecule has 0 radical (unpaired) electrons. The van der Waals surface area contributed by atoms with Crippen LogP contribution in [-0.4, -0.2) is 124 Å². The van der Waals surface area contributed by atoms with Crippen LogP contribution in [-0.2, 0) is 33.6 Å². The van der Waals surface area contributed by atoms with E-state index in [1.807, 2.05) is 0 Å². The van der Waals surface area contributed by atoms with Crippen molar-refractivity contribution >= 4 is 16.3 Å². The molecule has 2 rings (SSSR count). The van der Waals surface area contributed by atoms with Gasteiger partial charge in [-0.1, -0.05) is 0 Å². The first-order valence-electron chi connectivity index (χ1n) is 8.70. The molecule has 15 nitrogen and oxygen atoms in total. The summed E-state index contributed by atoms with van der Waals surface area (Å²) in [5.41, 5.74) is 0. The topological polar surface area (TPSA) is 245 Å². The number of rotatable bonds is 7. The molecule has 7 N–H and O–H groups in total. The molecule has 2 saturated heterocycles. The molecule has 17 heteroatoms. The average Bonchev–Trinajstić information content (AvgIpc) is 2.65. The van der Waals surface area contributed by atoms with Gasteiger partial charge in [0.2, 0.25) is 16.3 Å². The molecular weight excluding hydrogens is 461 g/mol. The van der Waals surface area contributed by atoms with Crippen molar-refractivity contribution in [3.8, 4) is 0 Å². The second-order valence-electron chi connectivity index (χ2n) is 6.77. The first-order chi connectivity index (χ1) is 13.9. The van der Waals surface area contributed by atoms with E-state index in [9.17, 15) is 48.4 Å². The van der Waals surface area contributed by atoms with Gasteiger partial charge in [0, 0.05) is 6.92 Å². The van der Waals surface area contributed by atoms with Crippen molar-refractivity contribution in [2.24, 2.45) is 0 Å². The van der Waals surface area contributed by atoms with Crippen molar-refractivity contribution in [2.75, 3.05) is 13.2 Å². The summed E-state index contributed by atoms with van der Waals surface area (Å²) in [5, 5.41) is 61.7. The minimum atomic E-state index is -5.19. The van der Waals surface area contributed by atoms with E-state index in [1.54, 1.807) is 0 Å². The molecule has 0 aliphatic carbocycles. The summed E-state index contributed by atoms with van der Waals surface area (Å²) < 4.78 is 51.9. The zero-order valence-corrected chi connectivity index (χ0v) is 19.4. The van der Waals surface area contributed by atoms with Crippen LogP contribution in [0.15, 0.2) is 0 Å². The molecule has 0 saturated carbocycles. The fourth-order valence-corrected chi connectivity index (χ4v) is 3.41. The normalized spacial score (nSPS) is 41.3. The van der Waals surface area contributed by atoms with Gasteiger partial charge in [-0.25, -0.2) is 8.42 Å². The molecule has 176 valence electrons. The predicted molar refractivity (Wildman–Crippen MR) is 88.8 cm³/mol. The van der Waals surface area contributed by atoms with E-state index < -0.39 is 90.9 Å². The summed E-state index contributed by atoms with van der Waals surface area (Å²) in [7, 11) is -5.19. The number of carbonyl (C=O) groups is 1. The molecule has 10 atom stereocenters. The van der Waals surface area contributed by atoms with Gasteiger partial charge in [0.25, 0.3) is 0 Å². The molecule has 0 spiro atoms. The molecule has 0 aromatic carbocycles. The Hall–Kier alpha value is -0.0200. The molecule has 31 heavy (non-hydrogen) atoms. The van der Waals surface area contributed by atoms with E-state index in [0.29, 0.717) is 0 Å². The van der Waals surface area contributed by atoms with Crippen molar-refractivity contribution in [3.05, 3.63) is 0 Å². The van der Waals surface area contributed by atoms with Crippen LogP contribution in [0, 0.1) is 0 Å². The van der Waals surface area contributed by atoms with E-state index in [2.05, 4.69) is 9.50 Å². The molecule has 1 amide bonds. The van der Waals surface area contributed by atoms with Crippen LogP contribution in [0.5, 0.6) is 0 Å². The summed E-state index contributed by atoms with van der Waals surface area (Å²) in [5.74, 6) is -0.676. The van der Waals surface area contributed by atoms with Gasteiger partial charge in [-0.2, -0.15) is 0 Å². The van der Waals surface area contributed by atoms with Gasteiger partial charge in [-0.05, 0) is 0 Å². The zero-order valence-electron chi connectivity index (χ0n) is 16.5. The SMILES string of the molecule is CC(=O)N[C@H]1[C@H](O)[C@H](O[C@@H]2OC(CO)[C@@H](O)[C@H](O)[C@@H]2O)C(COS(=O)(=O)[O-])O[C@H]1O.[Na+]. The Morgan fingerprint density at radius 1 is 1.03 bits per heavy atom. The number of hydrogen-bond donors (Lipinski definition) is 7. The number of hydrogen-bond acceptors (Lipinski definition) is 14. The molecule has 0 aromatic rings. The average molecular weight is 485 g/mol. The fourth-order valence-electron chi connectivity index (χ4n) is 3.11. The van der Waals surface area contributed by atoms with E-state index in [-0.39, 0.29) is 29.6 Å². The zero-order chi connectivity index (χ0) is 22.8. The Bertz CT molecular complexity index is 694. The van der Waals surface area contributed by atoms with Crippen LogP contribution in [0.1, 0.15) is 6.92 Å². The Morgan fingerprint density at radius 2 is 1.65 bits per heavy atom.